The van der Waals surface area contributed by atoms with E-state index in [1.165, 1.54) is 12.1 Å². The normalized spacial score (nSPS) is 18.3. The Labute approximate surface area is 129 Å². The Morgan fingerprint density at radius 2 is 2.05 bits per heavy atom. The Bertz CT molecular complexity index is 598. The quantitative estimate of drug-likeness (QED) is 0.774. The predicted octanol–water partition coefficient (Wildman–Crippen LogP) is 0.789. The summed E-state index contributed by atoms with van der Waals surface area (Å²) in [6.45, 7) is 1.15. The van der Waals surface area contributed by atoms with Crippen LogP contribution in [0.25, 0.3) is 0 Å². The van der Waals surface area contributed by atoms with Gasteiger partial charge in [-0.25, -0.2) is 17.5 Å². The summed E-state index contributed by atoms with van der Waals surface area (Å²) in [4.78, 5) is 11.6. The maximum atomic E-state index is 12.8. The third kappa shape index (κ3) is 5.04. The zero-order valence-electron chi connectivity index (χ0n) is 12.0. The molecule has 1 atom stereocenters. The Hall–Kier alpha value is -1.51. The van der Waals surface area contributed by atoms with Crippen molar-refractivity contribution < 1.29 is 22.3 Å². The van der Waals surface area contributed by atoms with Crippen LogP contribution in [0, 0.1) is 5.82 Å². The van der Waals surface area contributed by atoms with Crippen molar-refractivity contribution in [2.75, 3.05) is 19.7 Å². The lowest BCUT2D eigenvalue weighted by Crippen LogP contribution is -2.34. The number of hydrogen-bond donors (Lipinski definition) is 2. The topological polar surface area (TPSA) is 84.5 Å². The van der Waals surface area contributed by atoms with Crippen LogP contribution in [-0.2, 0) is 19.6 Å². The van der Waals surface area contributed by atoms with Gasteiger partial charge < -0.3 is 10.1 Å². The number of halogens is 1. The monoisotopic (exact) mass is 330 g/mol. The van der Waals surface area contributed by atoms with Gasteiger partial charge in [0.25, 0.3) is 0 Å². The van der Waals surface area contributed by atoms with Gasteiger partial charge in [0.15, 0.2) is 0 Å². The lowest BCUT2D eigenvalue weighted by molar-refractivity contribution is -0.121. The number of amides is 1. The summed E-state index contributed by atoms with van der Waals surface area (Å²) in [5.74, 6) is -0.746. The van der Waals surface area contributed by atoms with E-state index in [0.717, 1.165) is 31.6 Å². The second-order valence-electron chi connectivity index (χ2n) is 5.04. The highest BCUT2D eigenvalue weighted by molar-refractivity contribution is 7.89. The lowest BCUT2D eigenvalue weighted by atomic mass is 10.2. The van der Waals surface area contributed by atoms with Gasteiger partial charge in [-0.1, -0.05) is 0 Å². The van der Waals surface area contributed by atoms with E-state index in [-0.39, 0.29) is 29.9 Å². The highest BCUT2D eigenvalue weighted by Crippen LogP contribution is 2.11. The number of sulfonamides is 1. The average Bonchev–Trinajstić information content (AvgIpc) is 2.99. The summed E-state index contributed by atoms with van der Waals surface area (Å²) in [5.41, 5.74) is 0. The second-order valence-corrected chi connectivity index (χ2v) is 6.81. The second kappa shape index (κ2) is 7.66. The lowest BCUT2D eigenvalue weighted by Gasteiger charge is -2.11. The molecule has 2 N–H and O–H groups in total. The summed E-state index contributed by atoms with van der Waals surface area (Å²) in [5, 5.41) is 2.71. The van der Waals surface area contributed by atoms with E-state index in [2.05, 4.69) is 10.0 Å². The molecule has 1 heterocycles. The van der Waals surface area contributed by atoms with Crippen molar-refractivity contribution in [3.05, 3.63) is 30.1 Å². The van der Waals surface area contributed by atoms with E-state index in [1.54, 1.807) is 0 Å². The number of carbonyl (C=O) groups is 1. The van der Waals surface area contributed by atoms with Crippen molar-refractivity contribution in [2.45, 2.75) is 30.3 Å². The van der Waals surface area contributed by atoms with Gasteiger partial charge in [0, 0.05) is 26.1 Å². The highest BCUT2D eigenvalue weighted by atomic mass is 32.2. The first kappa shape index (κ1) is 16.9. The third-order valence-corrected chi connectivity index (χ3v) is 4.80. The van der Waals surface area contributed by atoms with E-state index in [1.807, 2.05) is 0 Å². The molecule has 122 valence electrons. The minimum atomic E-state index is -3.72. The van der Waals surface area contributed by atoms with Gasteiger partial charge in [0.1, 0.15) is 5.82 Å². The molecule has 1 fully saturated rings. The van der Waals surface area contributed by atoms with Crippen LogP contribution < -0.4 is 10.0 Å². The predicted molar refractivity (Wildman–Crippen MR) is 78.2 cm³/mol. The van der Waals surface area contributed by atoms with Gasteiger partial charge in [-0.2, -0.15) is 0 Å². The largest absolute Gasteiger partial charge is 0.376 e. The fourth-order valence-corrected chi connectivity index (χ4v) is 3.15. The SMILES string of the molecule is O=C(CCNS(=O)(=O)c1ccc(F)cc1)NCC1CCCO1. The Morgan fingerprint density at radius 1 is 1.32 bits per heavy atom. The van der Waals surface area contributed by atoms with Gasteiger partial charge >= 0.3 is 0 Å². The van der Waals surface area contributed by atoms with Crippen molar-refractivity contribution in [1.82, 2.24) is 10.0 Å². The molecule has 8 heteroatoms. The average molecular weight is 330 g/mol. The molecular weight excluding hydrogens is 311 g/mol. The summed E-state index contributed by atoms with van der Waals surface area (Å²) >= 11 is 0. The van der Waals surface area contributed by atoms with E-state index >= 15 is 0 Å². The first-order chi connectivity index (χ1) is 10.5. The van der Waals surface area contributed by atoms with Gasteiger partial charge in [-0.3, -0.25) is 4.79 Å². The van der Waals surface area contributed by atoms with Gasteiger partial charge in [0.05, 0.1) is 11.0 Å². The summed E-state index contributed by atoms with van der Waals surface area (Å²) < 4.78 is 44.3. The fraction of sp³-hybridized carbons (Fsp3) is 0.500. The number of ether oxygens (including phenoxy) is 1. The van der Waals surface area contributed by atoms with E-state index in [0.29, 0.717) is 6.54 Å². The first-order valence-corrected chi connectivity index (χ1v) is 8.59. The smallest absolute Gasteiger partial charge is 0.240 e. The number of benzene rings is 1. The Kier molecular flexibility index (Phi) is 5.87. The zero-order valence-corrected chi connectivity index (χ0v) is 12.9. The van der Waals surface area contributed by atoms with Crippen molar-refractivity contribution in [3.8, 4) is 0 Å². The number of rotatable bonds is 7. The maximum Gasteiger partial charge on any atom is 0.240 e. The molecule has 0 radical (unpaired) electrons. The molecule has 1 aromatic rings. The van der Waals surface area contributed by atoms with Crippen LogP contribution in [0.2, 0.25) is 0 Å². The molecule has 22 heavy (non-hydrogen) atoms. The van der Waals surface area contributed by atoms with Crippen LogP contribution >= 0.6 is 0 Å². The van der Waals surface area contributed by atoms with Crippen LogP contribution in [-0.4, -0.2) is 40.1 Å². The van der Waals surface area contributed by atoms with E-state index in [4.69, 9.17) is 4.74 Å². The number of hydrogen-bond acceptors (Lipinski definition) is 4. The molecule has 1 aliphatic rings. The van der Waals surface area contributed by atoms with Crippen molar-refractivity contribution in [1.29, 1.82) is 0 Å². The van der Waals surface area contributed by atoms with Crippen LogP contribution in [0.3, 0.4) is 0 Å². The summed E-state index contributed by atoms with van der Waals surface area (Å²) in [7, 11) is -3.72. The number of carbonyl (C=O) groups excluding carboxylic acids is 1. The van der Waals surface area contributed by atoms with Crippen LogP contribution in [0.15, 0.2) is 29.2 Å². The van der Waals surface area contributed by atoms with Crippen LogP contribution in [0.5, 0.6) is 0 Å². The molecule has 0 aliphatic carbocycles. The Morgan fingerprint density at radius 3 is 2.68 bits per heavy atom. The summed E-state index contributed by atoms with van der Waals surface area (Å²) in [6.07, 6.45) is 2.02. The highest BCUT2D eigenvalue weighted by Gasteiger charge is 2.17. The minimum absolute atomic E-state index is 0.0168. The van der Waals surface area contributed by atoms with Gasteiger partial charge in [-0.05, 0) is 37.1 Å². The standard InChI is InChI=1S/C14H19FN2O4S/c15-11-3-5-13(6-4-11)22(19,20)17-8-7-14(18)16-10-12-2-1-9-21-12/h3-6,12,17H,1-2,7-10H2,(H,16,18). The molecule has 6 nitrogen and oxygen atoms in total. The zero-order chi connectivity index (χ0) is 16.0. The van der Waals surface area contributed by atoms with Gasteiger partial charge in [0.2, 0.25) is 15.9 Å². The van der Waals surface area contributed by atoms with Crippen molar-refractivity contribution in [2.24, 2.45) is 0 Å². The molecular formula is C14H19FN2O4S. The molecule has 1 aromatic carbocycles. The summed E-state index contributed by atoms with van der Waals surface area (Å²) in [6, 6.07) is 4.50. The van der Waals surface area contributed by atoms with Crippen LogP contribution in [0.1, 0.15) is 19.3 Å². The minimum Gasteiger partial charge on any atom is -0.376 e. The maximum absolute atomic E-state index is 12.8. The molecule has 1 aliphatic heterocycles. The van der Waals surface area contributed by atoms with Gasteiger partial charge in [-0.15, -0.1) is 0 Å². The molecule has 1 unspecified atom stereocenters. The van der Waals surface area contributed by atoms with E-state index in [9.17, 15) is 17.6 Å². The van der Waals surface area contributed by atoms with Crippen molar-refractivity contribution in [3.63, 3.8) is 0 Å². The van der Waals surface area contributed by atoms with E-state index < -0.39 is 15.8 Å². The molecule has 0 aromatic heterocycles. The number of nitrogens with one attached hydrogen (secondary N) is 2. The third-order valence-electron chi connectivity index (χ3n) is 3.32. The molecule has 1 saturated heterocycles. The molecule has 0 spiro atoms. The molecule has 1 amide bonds. The van der Waals surface area contributed by atoms with Crippen molar-refractivity contribution >= 4 is 15.9 Å². The molecule has 2 rings (SSSR count). The van der Waals surface area contributed by atoms with Crippen LogP contribution in [0.4, 0.5) is 4.39 Å². The molecule has 0 saturated carbocycles. The first-order valence-electron chi connectivity index (χ1n) is 7.11. The Balaban J connectivity index is 1.72. The fourth-order valence-electron chi connectivity index (χ4n) is 2.12. The molecule has 0 bridgehead atoms.